The van der Waals surface area contributed by atoms with E-state index in [2.05, 4.69) is 15.0 Å². The second kappa shape index (κ2) is 7.02. The standard InChI is InChI=1S/C21H19N3O6S/c1-28-17-8-6-13(21-23-15(10-29-21)20(25)22-11-3-4-11)18-14-9-12(24-31(2,26)27)5-7-16(14)30-19(17)18/h5-11,24H,3-4H2,1-2H3,(H,22,25). The second-order valence-electron chi connectivity index (χ2n) is 7.49. The van der Waals surface area contributed by atoms with Crippen molar-refractivity contribution < 1.29 is 26.8 Å². The van der Waals surface area contributed by atoms with Crippen LogP contribution in [0.1, 0.15) is 23.3 Å². The van der Waals surface area contributed by atoms with Gasteiger partial charge >= 0.3 is 0 Å². The second-order valence-corrected chi connectivity index (χ2v) is 9.24. The zero-order chi connectivity index (χ0) is 21.8. The Balaban J connectivity index is 1.67. The number of fused-ring (bicyclic) bond motifs is 3. The maximum absolute atomic E-state index is 12.3. The van der Waals surface area contributed by atoms with Crippen molar-refractivity contribution in [2.24, 2.45) is 0 Å². The largest absolute Gasteiger partial charge is 0.493 e. The Kier molecular flexibility index (Phi) is 4.40. The van der Waals surface area contributed by atoms with Crippen molar-refractivity contribution in [2.45, 2.75) is 18.9 Å². The Hall–Kier alpha value is -3.53. The molecule has 2 heterocycles. The van der Waals surface area contributed by atoms with E-state index in [1.165, 1.54) is 13.4 Å². The van der Waals surface area contributed by atoms with Gasteiger partial charge in [0.1, 0.15) is 11.8 Å². The van der Waals surface area contributed by atoms with Gasteiger partial charge in [-0.2, -0.15) is 0 Å². The van der Waals surface area contributed by atoms with Crippen LogP contribution in [-0.2, 0) is 10.0 Å². The summed E-state index contributed by atoms with van der Waals surface area (Å²) >= 11 is 0. The summed E-state index contributed by atoms with van der Waals surface area (Å²) < 4.78 is 42.8. The molecule has 9 nitrogen and oxygen atoms in total. The van der Waals surface area contributed by atoms with Gasteiger partial charge in [0.15, 0.2) is 17.0 Å². The molecule has 0 atom stereocenters. The third-order valence-corrected chi connectivity index (χ3v) is 5.59. The number of carbonyl (C=O) groups is 1. The minimum atomic E-state index is -3.45. The Bertz CT molecular complexity index is 1430. The highest BCUT2D eigenvalue weighted by Crippen LogP contribution is 2.41. The van der Waals surface area contributed by atoms with Crippen LogP contribution in [0.15, 0.2) is 45.4 Å². The first kappa shape index (κ1) is 19.4. The van der Waals surface area contributed by atoms with Crippen LogP contribution in [0.5, 0.6) is 5.75 Å². The minimum Gasteiger partial charge on any atom is -0.493 e. The van der Waals surface area contributed by atoms with Crippen molar-refractivity contribution >= 4 is 43.6 Å². The van der Waals surface area contributed by atoms with Gasteiger partial charge in [0.25, 0.3) is 5.91 Å². The zero-order valence-electron chi connectivity index (χ0n) is 16.8. The van der Waals surface area contributed by atoms with Crippen LogP contribution in [0, 0.1) is 0 Å². The lowest BCUT2D eigenvalue weighted by Gasteiger charge is -2.05. The third-order valence-electron chi connectivity index (χ3n) is 4.99. The van der Waals surface area contributed by atoms with Crippen molar-refractivity contribution in [1.82, 2.24) is 10.3 Å². The molecule has 0 saturated heterocycles. The van der Waals surface area contributed by atoms with Crippen LogP contribution in [0.4, 0.5) is 5.69 Å². The number of nitrogens with zero attached hydrogens (tertiary/aromatic N) is 1. The number of sulfonamides is 1. The number of hydrogen-bond donors (Lipinski definition) is 2. The lowest BCUT2D eigenvalue weighted by atomic mass is 10.1. The van der Waals surface area contributed by atoms with Crippen molar-refractivity contribution in [1.29, 1.82) is 0 Å². The summed E-state index contributed by atoms with van der Waals surface area (Å²) in [4.78, 5) is 16.7. The molecule has 5 rings (SSSR count). The highest BCUT2D eigenvalue weighted by molar-refractivity contribution is 7.92. The van der Waals surface area contributed by atoms with E-state index in [0.717, 1.165) is 19.1 Å². The van der Waals surface area contributed by atoms with E-state index >= 15 is 0 Å². The van der Waals surface area contributed by atoms with Crippen LogP contribution in [0.25, 0.3) is 33.4 Å². The van der Waals surface area contributed by atoms with Crippen LogP contribution < -0.4 is 14.8 Å². The molecule has 2 aromatic heterocycles. The highest BCUT2D eigenvalue weighted by Gasteiger charge is 2.26. The van der Waals surface area contributed by atoms with Crippen LogP contribution in [0.2, 0.25) is 0 Å². The Labute approximate surface area is 177 Å². The summed E-state index contributed by atoms with van der Waals surface area (Å²) in [6.07, 6.45) is 4.35. The van der Waals surface area contributed by atoms with Gasteiger partial charge in [-0.15, -0.1) is 0 Å². The van der Waals surface area contributed by atoms with E-state index in [4.69, 9.17) is 13.6 Å². The number of furan rings is 1. The van der Waals surface area contributed by atoms with Gasteiger partial charge in [-0.1, -0.05) is 0 Å². The molecule has 31 heavy (non-hydrogen) atoms. The van der Waals surface area contributed by atoms with Gasteiger partial charge in [0, 0.05) is 28.1 Å². The fraction of sp³-hybridized carbons (Fsp3) is 0.238. The van der Waals surface area contributed by atoms with Crippen LogP contribution in [0.3, 0.4) is 0 Å². The molecule has 1 aliphatic carbocycles. The molecule has 0 bridgehead atoms. The average molecular weight is 441 g/mol. The first-order chi connectivity index (χ1) is 14.8. The number of carbonyl (C=O) groups excluding carboxylic acids is 1. The number of aromatic nitrogens is 1. The number of oxazole rings is 1. The quantitative estimate of drug-likeness (QED) is 0.469. The number of amides is 1. The SMILES string of the molecule is COc1ccc(-c2nc(C(=O)NC3CC3)co2)c2c1oc1ccc(NS(C)(=O)=O)cc12. The van der Waals surface area contributed by atoms with E-state index in [9.17, 15) is 13.2 Å². The molecule has 1 aliphatic rings. The Morgan fingerprint density at radius 3 is 2.74 bits per heavy atom. The molecule has 4 aromatic rings. The van der Waals surface area contributed by atoms with Crippen LogP contribution in [-0.4, -0.2) is 38.7 Å². The number of methoxy groups -OCH3 is 1. The summed E-state index contributed by atoms with van der Waals surface area (Å²) in [6.45, 7) is 0. The predicted octanol–water partition coefficient (Wildman–Crippen LogP) is 3.51. The number of hydrogen-bond acceptors (Lipinski definition) is 7. The maximum Gasteiger partial charge on any atom is 0.273 e. The van der Waals surface area contributed by atoms with E-state index in [0.29, 0.717) is 38.9 Å². The minimum absolute atomic E-state index is 0.193. The van der Waals surface area contributed by atoms with E-state index in [1.807, 2.05) is 0 Å². The molecule has 10 heteroatoms. The van der Waals surface area contributed by atoms with Crippen molar-refractivity contribution in [3.8, 4) is 17.2 Å². The third kappa shape index (κ3) is 3.70. The number of ether oxygens (including phenoxy) is 1. The first-order valence-corrected chi connectivity index (χ1v) is 11.5. The molecular formula is C21H19N3O6S. The van der Waals surface area contributed by atoms with Crippen molar-refractivity contribution in [2.75, 3.05) is 18.1 Å². The van der Waals surface area contributed by atoms with E-state index in [1.54, 1.807) is 30.3 Å². The highest BCUT2D eigenvalue weighted by atomic mass is 32.2. The molecular weight excluding hydrogens is 422 g/mol. The van der Waals surface area contributed by atoms with Gasteiger partial charge in [0.2, 0.25) is 15.9 Å². The summed E-state index contributed by atoms with van der Waals surface area (Å²) in [6, 6.07) is 8.67. The number of benzene rings is 2. The molecule has 1 fully saturated rings. The summed E-state index contributed by atoms with van der Waals surface area (Å²) in [5, 5.41) is 4.17. The monoisotopic (exact) mass is 441 g/mol. The van der Waals surface area contributed by atoms with Crippen molar-refractivity contribution in [3.05, 3.63) is 42.3 Å². The van der Waals surface area contributed by atoms with E-state index < -0.39 is 10.0 Å². The first-order valence-electron chi connectivity index (χ1n) is 9.60. The Morgan fingerprint density at radius 1 is 1.23 bits per heavy atom. The molecule has 2 N–H and O–H groups in total. The number of nitrogens with one attached hydrogen (secondary N) is 2. The van der Waals surface area contributed by atoms with Crippen LogP contribution >= 0.6 is 0 Å². The molecule has 0 unspecified atom stereocenters. The molecule has 0 radical (unpaired) electrons. The van der Waals surface area contributed by atoms with Gasteiger partial charge in [-0.3, -0.25) is 9.52 Å². The predicted molar refractivity (Wildman–Crippen MR) is 115 cm³/mol. The zero-order valence-corrected chi connectivity index (χ0v) is 17.6. The topological polar surface area (TPSA) is 124 Å². The lowest BCUT2D eigenvalue weighted by Crippen LogP contribution is -2.25. The summed E-state index contributed by atoms with van der Waals surface area (Å²) in [5.74, 6) is 0.475. The smallest absolute Gasteiger partial charge is 0.273 e. The lowest BCUT2D eigenvalue weighted by molar-refractivity contribution is 0.0946. The summed E-state index contributed by atoms with van der Waals surface area (Å²) in [7, 11) is -1.92. The number of rotatable bonds is 6. The average Bonchev–Trinajstić information content (AvgIpc) is 3.25. The molecule has 160 valence electrons. The fourth-order valence-electron chi connectivity index (χ4n) is 3.46. The van der Waals surface area contributed by atoms with Crippen molar-refractivity contribution in [3.63, 3.8) is 0 Å². The molecule has 0 aliphatic heterocycles. The molecule has 2 aromatic carbocycles. The molecule has 1 saturated carbocycles. The Morgan fingerprint density at radius 2 is 2.03 bits per heavy atom. The number of anilines is 1. The molecule has 1 amide bonds. The summed E-state index contributed by atoms with van der Waals surface area (Å²) in [5.41, 5.74) is 2.18. The van der Waals surface area contributed by atoms with E-state index in [-0.39, 0.29) is 23.5 Å². The molecule has 0 spiro atoms. The normalized spacial score (nSPS) is 14.1. The van der Waals surface area contributed by atoms with Gasteiger partial charge < -0.3 is 18.9 Å². The van der Waals surface area contributed by atoms with Gasteiger partial charge in [-0.25, -0.2) is 13.4 Å². The maximum atomic E-state index is 12.3. The van der Waals surface area contributed by atoms with Gasteiger partial charge in [-0.05, 0) is 43.2 Å². The van der Waals surface area contributed by atoms with Gasteiger partial charge in [0.05, 0.1) is 13.4 Å². The fourth-order valence-corrected chi connectivity index (χ4v) is 4.02.